The molecule has 4 aliphatic carbocycles. The van der Waals surface area contributed by atoms with Crippen LogP contribution in [0.25, 0.3) is 11.1 Å². The van der Waals surface area contributed by atoms with Crippen LogP contribution in [0.5, 0.6) is 0 Å². The zero-order valence-corrected chi connectivity index (χ0v) is 31.6. The second-order valence-electron chi connectivity index (χ2n) is 16.7. The van der Waals surface area contributed by atoms with Gasteiger partial charge in [0.1, 0.15) is 0 Å². The van der Waals surface area contributed by atoms with Crippen molar-refractivity contribution >= 4 is 6.03 Å². The summed E-state index contributed by atoms with van der Waals surface area (Å²) in [6.45, 7) is 3.11. The lowest BCUT2D eigenvalue weighted by Gasteiger charge is -2.56. The number of likely N-dealkylation sites (N-methyl/N-ethyl adjacent to an activating group) is 1. The lowest BCUT2D eigenvalue weighted by Crippen LogP contribution is -2.61. The molecule has 5 aliphatic rings. The van der Waals surface area contributed by atoms with Crippen molar-refractivity contribution in [1.82, 2.24) is 15.5 Å². The minimum absolute atomic E-state index is 0.00825. The first kappa shape index (κ1) is 36.9. The van der Waals surface area contributed by atoms with Gasteiger partial charge in [0.2, 0.25) is 0 Å². The van der Waals surface area contributed by atoms with Crippen molar-refractivity contribution in [2.75, 3.05) is 13.6 Å². The van der Waals surface area contributed by atoms with Crippen molar-refractivity contribution in [3.8, 4) is 11.1 Å². The Morgan fingerprint density at radius 3 is 2.15 bits per heavy atom. The van der Waals surface area contributed by atoms with Gasteiger partial charge in [-0.3, -0.25) is 4.90 Å². The fourth-order valence-corrected chi connectivity index (χ4v) is 10.1. The van der Waals surface area contributed by atoms with E-state index in [1.54, 1.807) is 0 Å². The minimum Gasteiger partial charge on any atom is -0.392 e. The van der Waals surface area contributed by atoms with E-state index in [2.05, 4.69) is 45.9 Å². The number of carbonyl (C=O) groups excluding carboxylic acids is 1. The number of aliphatic hydroxyl groups is 2. The summed E-state index contributed by atoms with van der Waals surface area (Å²) in [5, 5.41) is 27.4. The normalized spacial score (nSPS) is 28.5. The van der Waals surface area contributed by atoms with Gasteiger partial charge in [0, 0.05) is 36.7 Å². The van der Waals surface area contributed by atoms with E-state index in [0.29, 0.717) is 19.5 Å². The van der Waals surface area contributed by atoms with Crippen molar-refractivity contribution in [3.63, 3.8) is 0 Å². The van der Waals surface area contributed by atoms with Crippen molar-refractivity contribution in [1.29, 1.82) is 0 Å². The van der Waals surface area contributed by atoms with Crippen LogP contribution in [-0.2, 0) is 22.6 Å². The maximum absolute atomic E-state index is 13.2. The van der Waals surface area contributed by atoms with E-state index in [0.717, 1.165) is 76.0 Å². The van der Waals surface area contributed by atoms with E-state index < -0.39 is 12.4 Å². The predicted octanol–water partition coefficient (Wildman–Crippen LogP) is 8.21. The molecule has 5 atom stereocenters. The molecular weight excluding hydrogens is 675 g/mol. The number of amides is 2. The van der Waals surface area contributed by atoms with Gasteiger partial charge in [0.05, 0.1) is 24.9 Å². The fraction of sp³-hybridized carbons (Fsp3) is 0.457. The molecule has 54 heavy (non-hydrogen) atoms. The molecule has 4 aromatic rings. The molecule has 4 saturated carbocycles. The van der Waals surface area contributed by atoms with Gasteiger partial charge >= 0.3 is 6.03 Å². The van der Waals surface area contributed by atoms with E-state index >= 15 is 0 Å². The van der Waals surface area contributed by atoms with Gasteiger partial charge in [0.25, 0.3) is 0 Å². The molecule has 1 saturated heterocycles. The highest BCUT2D eigenvalue weighted by Gasteiger charge is 2.51. The number of aliphatic hydroxyl groups excluding tert-OH is 2. The summed E-state index contributed by atoms with van der Waals surface area (Å²) in [6, 6.07) is 34.2. The van der Waals surface area contributed by atoms with Gasteiger partial charge in [-0.2, -0.15) is 0 Å². The molecule has 1 heterocycles. The molecule has 5 fully saturated rings. The van der Waals surface area contributed by atoms with Crippen LogP contribution in [0.2, 0.25) is 0 Å². The van der Waals surface area contributed by atoms with Gasteiger partial charge in [-0.15, -0.1) is 0 Å². The minimum atomic E-state index is -0.632. The number of urea groups is 1. The molecule has 0 unspecified atom stereocenters. The molecule has 9 rings (SSSR count). The van der Waals surface area contributed by atoms with Crippen LogP contribution in [0.3, 0.4) is 0 Å². The molecule has 8 nitrogen and oxygen atoms in total. The average Bonchev–Trinajstić information content (AvgIpc) is 3.19. The van der Waals surface area contributed by atoms with E-state index in [1.807, 2.05) is 86.8 Å². The highest BCUT2D eigenvalue weighted by Crippen LogP contribution is 2.55. The van der Waals surface area contributed by atoms with Crippen LogP contribution in [0.15, 0.2) is 103 Å². The number of hydrogen-bond donors (Lipinski definition) is 4. The van der Waals surface area contributed by atoms with Gasteiger partial charge in [-0.05, 0) is 116 Å². The number of hydrogen-bond acceptors (Lipinski definition) is 6. The van der Waals surface area contributed by atoms with Crippen LogP contribution in [-0.4, -0.2) is 52.4 Å². The van der Waals surface area contributed by atoms with Crippen molar-refractivity contribution in [2.45, 2.75) is 101 Å². The number of benzene rings is 4. The monoisotopic (exact) mass is 729 g/mol. The van der Waals surface area contributed by atoms with E-state index in [1.165, 1.54) is 19.3 Å². The van der Waals surface area contributed by atoms with Gasteiger partial charge in [-0.1, -0.05) is 91.0 Å². The second-order valence-corrected chi connectivity index (χ2v) is 16.7. The predicted molar refractivity (Wildman–Crippen MR) is 210 cm³/mol. The summed E-state index contributed by atoms with van der Waals surface area (Å²) in [5.41, 5.74) is 6.85. The third-order valence-electron chi connectivity index (χ3n) is 12.7. The van der Waals surface area contributed by atoms with Gasteiger partial charge in [-0.25, -0.2) is 4.79 Å². The Hall–Kier alpha value is -4.05. The number of rotatable bonds is 12. The first-order chi connectivity index (χ1) is 26.2. The SMILES string of the molecule is C[C@H]([C@@H](O)c1ccccc1)N(C)C[C@H]1C[C@@H](c2ccc(CO)cc2)O[C@@H](c2cccc(-c3cccc(CNC(=O)NC45CC6CC(CC(C6)C4)C5)c3)c2)O1. The molecular formula is C46H55N3O5. The quantitative estimate of drug-likeness (QED) is 0.117. The number of ether oxygens (including phenoxy) is 2. The van der Waals surface area contributed by atoms with Gasteiger partial charge < -0.3 is 30.3 Å². The Morgan fingerprint density at radius 1 is 0.796 bits per heavy atom. The zero-order valence-electron chi connectivity index (χ0n) is 31.6. The second kappa shape index (κ2) is 16.0. The summed E-state index contributed by atoms with van der Waals surface area (Å²) >= 11 is 0. The Balaban J connectivity index is 0.956. The molecule has 284 valence electrons. The largest absolute Gasteiger partial charge is 0.392 e. The maximum Gasteiger partial charge on any atom is 0.315 e. The molecule has 8 heteroatoms. The number of carbonyl (C=O) groups is 1. The lowest BCUT2D eigenvalue weighted by atomic mass is 9.53. The molecule has 4 aromatic carbocycles. The van der Waals surface area contributed by atoms with Crippen LogP contribution in [0.4, 0.5) is 4.79 Å². The Morgan fingerprint density at radius 2 is 1.46 bits per heavy atom. The fourth-order valence-electron chi connectivity index (χ4n) is 10.1. The Bertz CT molecular complexity index is 1850. The standard InChI is InChI=1S/C46H55N3O5/c1-30(43(51)37-9-4-3-5-10-37)49(2)28-41-23-42(36-16-14-31(29-50)15-17-36)54-44(53-41)40-13-7-12-39(22-40)38-11-6-8-32(21-38)27-47-45(52)48-46-24-33-18-34(25-46)20-35(19-33)26-46/h3-17,21-22,30,33-35,41-44,50-51H,18-20,23-29H2,1-2H3,(H2,47,48,52)/t30-,33?,34?,35?,41-,42+,43-,44+,46?/m1/s1. The van der Waals surface area contributed by atoms with Gasteiger partial charge in [0.15, 0.2) is 6.29 Å². The van der Waals surface area contributed by atoms with Crippen LogP contribution >= 0.6 is 0 Å². The van der Waals surface area contributed by atoms with Crippen LogP contribution in [0, 0.1) is 17.8 Å². The summed E-state index contributed by atoms with van der Waals surface area (Å²) < 4.78 is 13.4. The summed E-state index contributed by atoms with van der Waals surface area (Å²) in [7, 11) is 2.03. The van der Waals surface area contributed by atoms with Crippen molar-refractivity contribution in [3.05, 3.63) is 131 Å². The van der Waals surface area contributed by atoms with E-state index in [-0.39, 0.29) is 36.4 Å². The Labute approximate surface area is 319 Å². The Kier molecular flexibility index (Phi) is 10.9. The van der Waals surface area contributed by atoms with Crippen molar-refractivity contribution < 1.29 is 24.5 Å². The zero-order chi connectivity index (χ0) is 37.2. The molecule has 0 aromatic heterocycles. The summed E-state index contributed by atoms with van der Waals surface area (Å²) in [5.74, 6) is 2.35. The number of nitrogens with one attached hydrogen (secondary N) is 2. The van der Waals surface area contributed by atoms with E-state index in [4.69, 9.17) is 9.47 Å². The lowest BCUT2D eigenvalue weighted by molar-refractivity contribution is -0.253. The molecule has 1 aliphatic heterocycles. The summed E-state index contributed by atoms with van der Waals surface area (Å²) in [6.07, 6.45) is 6.51. The number of nitrogens with zero attached hydrogens (tertiary/aromatic N) is 1. The molecule has 0 spiro atoms. The van der Waals surface area contributed by atoms with E-state index in [9.17, 15) is 15.0 Å². The highest BCUT2D eigenvalue weighted by atomic mass is 16.7. The third kappa shape index (κ3) is 8.28. The third-order valence-corrected chi connectivity index (χ3v) is 12.7. The first-order valence-corrected chi connectivity index (χ1v) is 19.9. The van der Waals surface area contributed by atoms with Crippen LogP contribution in [0.1, 0.15) is 98.2 Å². The topological polar surface area (TPSA) is 103 Å². The first-order valence-electron chi connectivity index (χ1n) is 19.9. The smallest absolute Gasteiger partial charge is 0.315 e. The van der Waals surface area contributed by atoms with Crippen LogP contribution < -0.4 is 10.6 Å². The summed E-state index contributed by atoms with van der Waals surface area (Å²) in [4.78, 5) is 15.4. The average molecular weight is 730 g/mol. The highest BCUT2D eigenvalue weighted by molar-refractivity contribution is 5.75. The van der Waals surface area contributed by atoms with Crippen molar-refractivity contribution in [2.24, 2.45) is 17.8 Å². The molecule has 4 bridgehead atoms. The molecule has 4 N–H and O–H groups in total. The molecule has 0 radical (unpaired) electrons. The maximum atomic E-state index is 13.2. The molecule has 2 amide bonds.